The van der Waals surface area contributed by atoms with Gasteiger partial charge in [0.25, 0.3) is 0 Å². The van der Waals surface area contributed by atoms with Crippen molar-refractivity contribution in [2.75, 3.05) is 0 Å². The van der Waals surface area contributed by atoms with E-state index in [4.69, 9.17) is 5.84 Å². The molecule has 2 aliphatic rings. The third-order valence-electron chi connectivity index (χ3n) is 4.13. The molecule has 0 aliphatic carbocycles. The van der Waals surface area contributed by atoms with Gasteiger partial charge in [0.1, 0.15) is 0 Å². The third-order valence-corrected chi connectivity index (χ3v) is 4.13. The predicted octanol–water partition coefficient (Wildman–Crippen LogP) is 1.24. The van der Waals surface area contributed by atoms with Crippen molar-refractivity contribution in [3.8, 4) is 0 Å². The molecule has 0 radical (unpaired) electrons. The van der Waals surface area contributed by atoms with Crippen molar-refractivity contribution in [1.29, 1.82) is 0 Å². The highest BCUT2D eigenvalue weighted by molar-refractivity contribution is 4.98. The molecule has 0 aromatic carbocycles. The average Bonchev–Trinajstić information content (AvgIpc) is 2.48. The van der Waals surface area contributed by atoms with Crippen molar-refractivity contribution in [3.05, 3.63) is 0 Å². The van der Waals surface area contributed by atoms with Crippen LogP contribution >= 0.6 is 0 Å². The van der Waals surface area contributed by atoms with E-state index in [9.17, 15) is 0 Å². The molecule has 2 bridgehead atoms. The molecule has 2 rings (SSSR count). The standard InChI is InChI=1S/C11H23N3/c1-3-8(2)14-10-4-5-11(14)7-9(6-10)13-12/h8-11,13H,3-7,12H2,1-2H3. The Morgan fingerprint density at radius 2 is 1.93 bits per heavy atom. The number of hydrogen-bond acceptors (Lipinski definition) is 3. The molecule has 82 valence electrons. The molecule has 3 N–H and O–H groups in total. The summed E-state index contributed by atoms with van der Waals surface area (Å²) in [6, 6.07) is 2.91. The van der Waals surface area contributed by atoms with Crippen molar-refractivity contribution < 1.29 is 0 Å². The monoisotopic (exact) mass is 197 g/mol. The first-order valence-electron chi connectivity index (χ1n) is 5.99. The normalized spacial score (nSPS) is 40.1. The SMILES string of the molecule is CCC(C)N1C2CCC1CC(NN)C2. The van der Waals surface area contributed by atoms with Crippen LogP contribution in [0.3, 0.4) is 0 Å². The van der Waals surface area contributed by atoms with E-state index in [0.29, 0.717) is 6.04 Å². The molecule has 3 nitrogen and oxygen atoms in total. The molecule has 0 spiro atoms. The van der Waals surface area contributed by atoms with Crippen LogP contribution in [-0.2, 0) is 0 Å². The van der Waals surface area contributed by atoms with Crippen LogP contribution in [0, 0.1) is 0 Å². The highest BCUT2D eigenvalue weighted by Crippen LogP contribution is 2.37. The molecule has 3 atom stereocenters. The second kappa shape index (κ2) is 4.17. The lowest BCUT2D eigenvalue weighted by Crippen LogP contribution is -2.53. The summed E-state index contributed by atoms with van der Waals surface area (Å²) in [6.07, 6.45) is 6.53. The number of rotatable bonds is 3. The number of piperidine rings is 1. The molecule has 0 aromatic heterocycles. The fraction of sp³-hybridized carbons (Fsp3) is 1.00. The Bertz CT molecular complexity index is 181. The van der Waals surface area contributed by atoms with Crippen LogP contribution < -0.4 is 11.3 Å². The van der Waals surface area contributed by atoms with Gasteiger partial charge in [0.2, 0.25) is 0 Å². The van der Waals surface area contributed by atoms with Gasteiger partial charge in [-0.2, -0.15) is 0 Å². The second-order valence-electron chi connectivity index (χ2n) is 4.92. The number of fused-ring (bicyclic) bond motifs is 2. The summed E-state index contributed by atoms with van der Waals surface area (Å²) in [6.45, 7) is 4.65. The van der Waals surface area contributed by atoms with Gasteiger partial charge in [0.05, 0.1) is 0 Å². The number of nitrogens with two attached hydrogens (primary N) is 1. The van der Waals surface area contributed by atoms with Gasteiger partial charge in [-0.25, -0.2) is 0 Å². The van der Waals surface area contributed by atoms with Crippen LogP contribution in [0.5, 0.6) is 0 Å². The van der Waals surface area contributed by atoms with Crippen molar-refractivity contribution in [2.45, 2.75) is 70.1 Å². The van der Waals surface area contributed by atoms with Crippen LogP contribution in [-0.4, -0.2) is 29.1 Å². The Morgan fingerprint density at radius 3 is 2.36 bits per heavy atom. The average molecular weight is 197 g/mol. The lowest BCUT2D eigenvalue weighted by Gasteiger charge is -2.42. The minimum Gasteiger partial charge on any atom is -0.295 e. The van der Waals surface area contributed by atoms with Gasteiger partial charge in [-0.3, -0.25) is 16.2 Å². The van der Waals surface area contributed by atoms with E-state index in [-0.39, 0.29) is 0 Å². The first-order valence-corrected chi connectivity index (χ1v) is 5.99. The van der Waals surface area contributed by atoms with Crippen LogP contribution in [0.15, 0.2) is 0 Å². The Kier molecular flexibility index (Phi) is 3.10. The minimum atomic E-state index is 0.563. The topological polar surface area (TPSA) is 41.3 Å². The molecule has 0 amide bonds. The fourth-order valence-corrected chi connectivity index (χ4v) is 3.28. The number of hydrazine groups is 1. The largest absolute Gasteiger partial charge is 0.295 e. The third kappa shape index (κ3) is 1.69. The smallest absolute Gasteiger partial charge is 0.0240 e. The van der Waals surface area contributed by atoms with Gasteiger partial charge in [0, 0.05) is 24.2 Å². The molecule has 3 heteroatoms. The first kappa shape index (κ1) is 10.4. The van der Waals surface area contributed by atoms with Crippen molar-refractivity contribution in [3.63, 3.8) is 0 Å². The molecule has 14 heavy (non-hydrogen) atoms. The van der Waals surface area contributed by atoms with Crippen molar-refractivity contribution in [1.82, 2.24) is 10.3 Å². The minimum absolute atomic E-state index is 0.563. The maximum atomic E-state index is 5.54. The Morgan fingerprint density at radius 1 is 1.36 bits per heavy atom. The van der Waals surface area contributed by atoms with Gasteiger partial charge >= 0.3 is 0 Å². The summed E-state index contributed by atoms with van der Waals surface area (Å²) in [5, 5.41) is 0. The van der Waals surface area contributed by atoms with Crippen molar-refractivity contribution >= 4 is 0 Å². The Balaban J connectivity index is 2.02. The molecule has 2 fully saturated rings. The predicted molar refractivity (Wildman–Crippen MR) is 58.7 cm³/mol. The highest BCUT2D eigenvalue weighted by Gasteiger charge is 2.41. The van der Waals surface area contributed by atoms with E-state index in [1.807, 2.05) is 0 Å². The molecular weight excluding hydrogens is 174 g/mol. The molecule has 2 heterocycles. The molecule has 0 aromatic rings. The number of nitrogens with zero attached hydrogens (tertiary/aromatic N) is 1. The van der Waals surface area contributed by atoms with Gasteiger partial charge < -0.3 is 0 Å². The Labute approximate surface area is 87.0 Å². The maximum absolute atomic E-state index is 5.54. The van der Waals surface area contributed by atoms with Crippen molar-refractivity contribution in [2.24, 2.45) is 5.84 Å². The van der Waals surface area contributed by atoms with Gasteiger partial charge in [-0.1, -0.05) is 6.92 Å². The van der Waals surface area contributed by atoms with Crippen LogP contribution in [0.2, 0.25) is 0 Å². The molecular formula is C11H23N3. The highest BCUT2D eigenvalue weighted by atomic mass is 15.3. The number of hydrogen-bond donors (Lipinski definition) is 2. The van der Waals surface area contributed by atoms with E-state index in [2.05, 4.69) is 24.2 Å². The summed E-state index contributed by atoms with van der Waals surface area (Å²) < 4.78 is 0. The van der Waals surface area contributed by atoms with Crippen LogP contribution in [0.1, 0.15) is 46.0 Å². The van der Waals surface area contributed by atoms with Gasteiger partial charge in [-0.15, -0.1) is 0 Å². The molecule has 3 unspecified atom stereocenters. The second-order valence-corrected chi connectivity index (χ2v) is 4.92. The van der Waals surface area contributed by atoms with E-state index >= 15 is 0 Å². The van der Waals surface area contributed by atoms with E-state index < -0.39 is 0 Å². The van der Waals surface area contributed by atoms with Crippen LogP contribution in [0.4, 0.5) is 0 Å². The maximum Gasteiger partial charge on any atom is 0.0240 e. The van der Waals surface area contributed by atoms with Gasteiger partial charge in [0.15, 0.2) is 0 Å². The molecule has 0 saturated carbocycles. The zero-order chi connectivity index (χ0) is 10.1. The zero-order valence-corrected chi connectivity index (χ0v) is 9.37. The lowest BCUT2D eigenvalue weighted by atomic mass is 9.95. The summed E-state index contributed by atoms with van der Waals surface area (Å²) in [5.74, 6) is 5.54. The molecule has 2 saturated heterocycles. The van der Waals surface area contributed by atoms with E-state index in [0.717, 1.165) is 18.1 Å². The lowest BCUT2D eigenvalue weighted by molar-refractivity contribution is 0.0756. The summed E-state index contributed by atoms with van der Waals surface area (Å²) >= 11 is 0. The summed E-state index contributed by atoms with van der Waals surface area (Å²) in [5.41, 5.74) is 2.96. The zero-order valence-electron chi connectivity index (χ0n) is 9.37. The quantitative estimate of drug-likeness (QED) is 0.528. The molecule has 2 aliphatic heterocycles. The first-order chi connectivity index (χ1) is 6.76. The van der Waals surface area contributed by atoms with E-state index in [1.165, 1.54) is 32.1 Å². The summed E-state index contributed by atoms with van der Waals surface area (Å²) in [4.78, 5) is 2.74. The van der Waals surface area contributed by atoms with Gasteiger partial charge in [-0.05, 0) is 39.0 Å². The fourth-order valence-electron chi connectivity index (χ4n) is 3.28. The van der Waals surface area contributed by atoms with E-state index in [1.54, 1.807) is 0 Å². The summed E-state index contributed by atoms with van der Waals surface area (Å²) in [7, 11) is 0. The Hall–Kier alpha value is -0.120. The number of nitrogens with one attached hydrogen (secondary N) is 1. The van der Waals surface area contributed by atoms with Crippen LogP contribution in [0.25, 0.3) is 0 Å².